The molecule has 0 saturated heterocycles. The van der Waals surface area contributed by atoms with E-state index in [1.807, 2.05) is 24.3 Å². The van der Waals surface area contributed by atoms with Gasteiger partial charge in [-0.05, 0) is 11.6 Å². The van der Waals surface area contributed by atoms with E-state index in [0.717, 1.165) is 10.0 Å². The van der Waals surface area contributed by atoms with Crippen molar-refractivity contribution < 1.29 is 14.6 Å². The third-order valence-corrected chi connectivity index (χ3v) is 2.82. The SMILES string of the molecule is O=C(O)C1=NC(c2ccccc2Br)CO1. The molecule has 0 aromatic heterocycles. The number of benzene rings is 1. The lowest BCUT2D eigenvalue weighted by atomic mass is 10.1. The number of aliphatic imine (C=N–C) groups is 1. The van der Waals surface area contributed by atoms with Crippen LogP contribution in [-0.2, 0) is 9.53 Å². The molecule has 1 N–H and O–H groups in total. The number of rotatable bonds is 2. The van der Waals surface area contributed by atoms with Gasteiger partial charge < -0.3 is 9.84 Å². The van der Waals surface area contributed by atoms with E-state index >= 15 is 0 Å². The van der Waals surface area contributed by atoms with E-state index in [4.69, 9.17) is 9.84 Å². The van der Waals surface area contributed by atoms with Crippen molar-refractivity contribution in [2.24, 2.45) is 4.99 Å². The van der Waals surface area contributed by atoms with Gasteiger partial charge in [-0.1, -0.05) is 34.1 Å². The maximum Gasteiger partial charge on any atom is 0.391 e. The molecule has 0 saturated carbocycles. The summed E-state index contributed by atoms with van der Waals surface area (Å²) in [6, 6.07) is 7.34. The summed E-state index contributed by atoms with van der Waals surface area (Å²) >= 11 is 3.39. The number of nitrogens with zero attached hydrogens (tertiary/aromatic N) is 1. The fourth-order valence-electron chi connectivity index (χ4n) is 1.40. The van der Waals surface area contributed by atoms with Gasteiger partial charge in [-0.15, -0.1) is 0 Å². The van der Waals surface area contributed by atoms with Crippen LogP contribution in [-0.4, -0.2) is 23.6 Å². The van der Waals surface area contributed by atoms with Gasteiger partial charge in [0.2, 0.25) is 0 Å². The second-order valence-electron chi connectivity index (χ2n) is 3.09. The standard InChI is InChI=1S/C10H8BrNO3/c11-7-4-2-1-3-6(7)8-5-15-9(12-8)10(13)14/h1-4,8H,5H2,(H,13,14). The molecule has 1 aliphatic rings. The quantitative estimate of drug-likeness (QED) is 0.894. The maximum absolute atomic E-state index is 10.6. The van der Waals surface area contributed by atoms with E-state index in [0.29, 0.717) is 0 Å². The normalized spacial score (nSPS) is 19.5. The molecule has 2 rings (SSSR count). The first kappa shape index (κ1) is 10.2. The van der Waals surface area contributed by atoms with Gasteiger partial charge in [0.1, 0.15) is 12.6 Å². The van der Waals surface area contributed by atoms with Crippen LogP contribution in [0.15, 0.2) is 33.7 Å². The molecule has 4 nitrogen and oxygen atoms in total. The summed E-state index contributed by atoms with van der Waals surface area (Å²) in [4.78, 5) is 14.6. The van der Waals surface area contributed by atoms with Crippen molar-refractivity contribution in [3.05, 3.63) is 34.3 Å². The molecule has 0 radical (unpaired) electrons. The Balaban J connectivity index is 2.28. The van der Waals surface area contributed by atoms with Gasteiger partial charge in [0.25, 0.3) is 5.90 Å². The highest BCUT2D eigenvalue weighted by atomic mass is 79.9. The Hall–Kier alpha value is -1.36. The smallest absolute Gasteiger partial charge is 0.391 e. The molecule has 1 unspecified atom stereocenters. The van der Waals surface area contributed by atoms with Crippen LogP contribution in [0.2, 0.25) is 0 Å². The Morgan fingerprint density at radius 1 is 1.53 bits per heavy atom. The topological polar surface area (TPSA) is 58.9 Å². The average Bonchev–Trinajstić information content (AvgIpc) is 2.67. The number of hydrogen-bond donors (Lipinski definition) is 1. The van der Waals surface area contributed by atoms with E-state index in [2.05, 4.69) is 20.9 Å². The lowest BCUT2D eigenvalue weighted by Gasteiger charge is -2.06. The molecular formula is C10H8BrNO3. The van der Waals surface area contributed by atoms with Crippen LogP contribution in [0.5, 0.6) is 0 Å². The molecule has 0 aliphatic carbocycles. The summed E-state index contributed by atoms with van der Waals surface area (Å²) in [5, 5.41) is 8.68. The highest BCUT2D eigenvalue weighted by molar-refractivity contribution is 9.10. The number of hydrogen-bond acceptors (Lipinski definition) is 3. The van der Waals surface area contributed by atoms with E-state index in [1.54, 1.807) is 0 Å². The van der Waals surface area contributed by atoms with Crippen molar-refractivity contribution >= 4 is 27.8 Å². The van der Waals surface area contributed by atoms with Crippen molar-refractivity contribution in [2.45, 2.75) is 6.04 Å². The molecule has 1 atom stereocenters. The summed E-state index contributed by atoms with van der Waals surface area (Å²) in [5.74, 6) is -1.33. The Labute approximate surface area is 94.7 Å². The van der Waals surface area contributed by atoms with Crippen molar-refractivity contribution in [3.8, 4) is 0 Å². The Kier molecular flexibility index (Phi) is 2.73. The third kappa shape index (κ3) is 2.02. The Morgan fingerprint density at radius 2 is 2.27 bits per heavy atom. The summed E-state index contributed by atoms with van der Waals surface area (Å²) in [5.41, 5.74) is 0.939. The molecule has 0 spiro atoms. The van der Waals surface area contributed by atoms with Crippen LogP contribution in [0.3, 0.4) is 0 Å². The number of carbonyl (C=O) groups is 1. The number of carboxylic acids is 1. The van der Waals surface area contributed by atoms with E-state index < -0.39 is 5.97 Å². The summed E-state index contributed by atoms with van der Waals surface area (Å²) in [6.45, 7) is 0.282. The zero-order valence-corrected chi connectivity index (χ0v) is 9.27. The molecule has 1 aromatic rings. The minimum atomic E-state index is -1.12. The van der Waals surface area contributed by atoms with E-state index in [-0.39, 0.29) is 18.5 Å². The van der Waals surface area contributed by atoms with Crippen LogP contribution in [0.4, 0.5) is 0 Å². The molecule has 15 heavy (non-hydrogen) atoms. The fraction of sp³-hybridized carbons (Fsp3) is 0.200. The molecule has 0 bridgehead atoms. The number of ether oxygens (including phenoxy) is 1. The molecule has 0 fully saturated rings. The Morgan fingerprint density at radius 3 is 2.87 bits per heavy atom. The fourth-order valence-corrected chi connectivity index (χ4v) is 1.94. The minimum Gasteiger partial charge on any atom is -0.474 e. The molecule has 78 valence electrons. The summed E-state index contributed by atoms with van der Waals surface area (Å²) in [7, 11) is 0. The highest BCUT2D eigenvalue weighted by Gasteiger charge is 2.25. The number of carboxylic acid groups (broad SMARTS) is 1. The molecule has 0 amide bonds. The first-order valence-corrected chi connectivity index (χ1v) is 5.16. The maximum atomic E-state index is 10.6. The molecule has 1 heterocycles. The zero-order chi connectivity index (χ0) is 10.8. The first-order valence-electron chi connectivity index (χ1n) is 4.37. The van der Waals surface area contributed by atoms with E-state index in [9.17, 15) is 4.79 Å². The predicted molar refractivity (Wildman–Crippen MR) is 57.9 cm³/mol. The van der Waals surface area contributed by atoms with Crippen LogP contribution in [0.1, 0.15) is 11.6 Å². The molecule has 1 aromatic carbocycles. The van der Waals surface area contributed by atoms with Crippen LogP contribution in [0, 0.1) is 0 Å². The Bertz CT molecular complexity index is 430. The molecule has 5 heteroatoms. The zero-order valence-electron chi connectivity index (χ0n) is 7.68. The summed E-state index contributed by atoms with van der Waals surface area (Å²) in [6.07, 6.45) is 0. The van der Waals surface area contributed by atoms with Gasteiger partial charge >= 0.3 is 5.97 Å². The minimum absolute atomic E-state index is 0.212. The van der Waals surface area contributed by atoms with Gasteiger partial charge in [-0.25, -0.2) is 9.79 Å². The largest absolute Gasteiger partial charge is 0.474 e. The van der Waals surface area contributed by atoms with Gasteiger partial charge in [0, 0.05) is 4.47 Å². The van der Waals surface area contributed by atoms with Crippen LogP contribution in [0.25, 0.3) is 0 Å². The predicted octanol–water partition coefficient (Wildman–Crippen LogP) is 2.00. The van der Waals surface area contributed by atoms with Crippen molar-refractivity contribution in [1.29, 1.82) is 0 Å². The lowest BCUT2D eigenvalue weighted by molar-refractivity contribution is -0.130. The average molecular weight is 270 g/mol. The lowest BCUT2D eigenvalue weighted by Crippen LogP contribution is -2.12. The number of aliphatic carboxylic acids is 1. The van der Waals surface area contributed by atoms with Crippen LogP contribution < -0.4 is 0 Å². The second-order valence-corrected chi connectivity index (χ2v) is 3.94. The second kappa shape index (κ2) is 4.02. The van der Waals surface area contributed by atoms with E-state index in [1.165, 1.54) is 0 Å². The van der Waals surface area contributed by atoms with Gasteiger partial charge in [-0.2, -0.15) is 0 Å². The number of halogens is 1. The van der Waals surface area contributed by atoms with Gasteiger partial charge in [-0.3, -0.25) is 0 Å². The van der Waals surface area contributed by atoms with Crippen molar-refractivity contribution in [3.63, 3.8) is 0 Å². The summed E-state index contributed by atoms with van der Waals surface area (Å²) < 4.78 is 5.88. The van der Waals surface area contributed by atoms with Crippen molar-refractivity contribution in [2.75, 3.05) is 6.61 Å². The highest BCUT2D eigenvalue weighted by Crippen LogP contribution is 2.29. The molecule has 1 aliphatic heterocycles. The third-order valence-electron chi connectivity index (χ3n) is 2.10. The monoisotopic (exact) mass is 269 g/mol. The molecular weight excluding hydrogens is 262 g/mol. The van der Waals surface area contributed by atoms with Gasteiger partial charge in [0.05, 0.1) is 0 Å². The van der Waals surface area contributed by atoms with Crippen LogP contribution >= 0.6 is 15.9 Å². The van der Waals surface area contributed by atoms with Crippen molar-refractivity contribution in [1.82, 2.24) is 0 Å². The van der Waals surface area contributed by atoms with Gasteiger partial charge in [0.15, 0.2) is 0 Å². The first-order chi connectivity index (χ1) is 7.18.